The van der Waals surface area contributed by atoms with E-state index in [-0.39, 0.29) is 11.7 Å². The van der Waals surface area contributed by atoms with Gasteiger partial charge in [0, 0.05) is 22.3 Å². The summed E-state index contributed by atoms with van der Waals surface area (Å²) in [4.78, 5) is 0. The highest BCUT2D eigenvalue weighted by molar-refractivity contribution is 5.96. The molecule has 0 spiro atoms. The number of nitrogens with one attached hydrogen (secondary N) is 2. The molecule has 0 bridgehead atoms. The van der Waals surface area contributed by atoms with E-state index >= 15 is 0 Å². The predicted molar refractivity (Wildman–Crippen MR) is 96.3 cm³/mol. The fourth-order valence-electron chi connectivity index (χ4n) is 2.53. The lowest BCUT2D eigenvalue weighted by molar-refractivity contribution is 0.595. The van der Waals surface area contributed by atoms with Crippen LogP contribution in [0.4, 0.5) is 0 Å². The average Bonchev–Trinajstić information content (AvgIpc) is 2.97. The second kappa shape index (κ2) is 6.04. The molecular formula is C19H18N4O. The molecule has 0 fully saturated rings. The number of hydrogen-bond donors (Lipinski definition) is 4. The highest BCUT2D eigenvalue weighted by atomic mass is 16.3. The van der Waals surface area contributed by atoms with Gasteiger partial charge in [-0.05, 0) is 18.6 Å². The molecule has 5 heteroatoms. The van der Waals surface area contributed by atoms with Crippen molar-refractivity contribution < 1.29 is 4.42 Å². The minimum atomic E-state index is 0.0448. The number of hydrogen-bond acceptors (Lipinski definition) is 3. The Labute approximate surface area is 139 Å². The molecule has 2 aromatic carbocycles. The van der Waals surface area contributed by atoms with Crippen molar-refractivity contribution in [3.63, 3.8) is 0 Å². The Morgan fingerprint density at radius 2 is 1.25 bits per heavy atom. The molecule has 0 saturated carbocycles. The van der Waals surface area contributed by atoms with Gasteiger partial charge in [-0.3, -0.25) is 10.8 Å². The first-order valence-corrected chi connectivity index (χ1v) is 7.46. The van der Waals surface area contributed by atoms with Crippen molar-refractivity contribution >= 4 is 11.7 Å². The summed E-state index contributed by atoms with van der Waals surface area (Å²) in [6.45, 7) is 1.99. The summed E-state index contributed by atoms with van der Waals surface area (Å²) in [7, 11) is 0. The molecule has 0 radical (unpaired) electrons. The molecule has 24 heavy (non-hydrogen) atoms. The standard InChI is InChI=1S/C19H18N4O/c1-11-10-16(12-2-6-14(7-3-12)18(20)21)24-17(11)13-4-8-15(9-5-13)19(22)23/h2-10H,1H3,(H3,20,21)(H3,22,23). The van der Waals surface area contributed by atoms with Crippen LogP contribution in [0.25, 0.3) is 22.6 Å². The maximum absolute atomic E-state index is 7.45. The lowest BCUT2D eigenvalue weighted by atomic mass is 10.1. The van der Waals surface area contributed by atoms with Crippen LogP contribution in [0.2, 0.25) is 0 Å². The van der Waals surface area contributed by atoms with Crippen molar-refractivity contribution in [3.05, 3.63) is 71.3 Å². The van der Waals surface area contributed by atoms with E-state index in [9.17, 15) is 0 Å². The van der Waals surface area contributed by atoms with E-state index in [1.807, 2.05) is 37.3 Å². The summed E-state index contributed by atoms with van der Waals surface area (Å²) in [5, 5.41) is 14.9. The van der Waals surface area contributed by atoms with Crippen molar-refractivity contribution in [3.8, 4) is 22.6 Å². The average molecular weight is 318 g/mol. The normalized spacial score (nSPS) is 10.5. The van der Waals surface area contributed by atoms with E-state index in [0.29, 0.717) is 11.1 Å². The highest BCUT2D eigenvalue weighted by Gasteiger charge is 2.12. The van der Waals surface area contributed by atoms with Gasteiger partial charge in [0.25, 0.3) is 0 Å². The first kappa shape index (κ1) is 15.6. The number of nitrogens with two attached hydrogens (primary N) is 2. The van der Waals surface area contributed by atoms with Gasteiger partial charge in [-0.2, -0.15) is 0 Å². The minimum absolute atomic E-state index is 0.0448. The number of amidine groups is 2. The van der Waals surface area contributed by atoms with Crippen molar-refractivity contribution in [2.24, 2.45) is 11.5 Å². The molecule has 1 heterocycles. The summed E-state index contributed by atoms with van der Waals surface area (Å²) >= 11 is 0. The zero-order chi connectivity index (χ0) is 17.3. The fraction of sp³-hybridized carbons (Fsp3) is 0.0526. The van der Waals surface area contributed by atoms with Gasteiger partial charge in [-0.1, -0.05) is 48.5 Å². The third-order valence-corrected chi connectivity index (χ3v) is 3.86. The van der Waals surface area contributed by atoms with Gasteiger partial charge >= 0.3 is 0 Å². The van der Waals surface area contributed by atoms with Gasteiger partial charge < -0.3 is 15.9 Å². The van der Waals surface area contributed by atoms with Crippen molar-refractivity contribution in [1.29, 1.82) is 10.8 Å². The maximum atomic E-state index is 7.45. The molecular weight excluding hydrogens is 300 g/mol. The number of aryl methyl sites for hydroxylation is 1. The van der Waals surface area contributed by atoms with Crippen LogP contribution in [0, 0.1) is 17.7 Å². The van der Waals surface area contributed by atoms with Crippen LogP contribution in [0.15, 0.2) is 59.0 Å². The first-order valence-electron chi connectivity index (χ1n) is 7.46. The van der Waals surface area contributed by atoms with Crippen LogP contribution >= 0.6 is 0 Å². The molecule has 0 aliphatic heterocycles. The van der Waals surface area contributed by atoms with Gasteiger partial charge in [0.1, 0.15) is 23.2 Å². The zero-order valence-electron chi connectivity index (χ0n) is 13.3. The molecule has 5 nitrogen and oxygen atoms in total. The fourth-order valence-corrected chi connectivity index (χ4v) is 2.53. The Hall–Kier alpha value is -3.34. The Morgan fingerprint density at radius 1 is 0.792 bits per heavy atom. The van der Waals surface area contributed by atoms with Gasteiger partial charge in [-0.15, -0.1) is 0 Å². The van der Waals surface area contributed by atoms with Crippen LogP contribution in [-0.4, -0.2) is 11.7 Å². The number of benzene rings is 2. The summed E-state index contributed by atoms with van der Waals surface area (Å²) in [5.74, 6) is 1.64. The Balaban J connectivity index is 1.95. The summed E-state index contributed by atoms with van der Waals surface area (Å²) < 4.78 is 6.02. The molecule has 120 valence electrons. The molecule has 0 aliphatic rings. The molecule has 3 rings (SSSR count). The lowest BCUT2D eigenvalue weighted by Gasteiger charge is -2.02. The maximum Gasteiger partial charge on any atom is 0.137 e. The topological polar surface area (TPSA) is 113 Å². The second-order valence-electron chi connectivity index (χ2n) is 5.60. The molecule has 1 aromatic heterocycles. The van der Waals surface area contributed by atoms with Crippen molar-refractivity contribution in [1.82, 2.24) is 0 Å². The van der Waals surface area contributed by atoms with Crippen molar-refractivity contribution in [2.45, 2.75) is 6.92 Å². The number of furan rings is 1. The third kappa shape index (κ3) is 2.92. The molecule has 0 saturated heterocycles. The van der Waals surface area contributed by atoms with Gasteiger partial charge in [0.2, 0.25) is 0 Å². The lowest BCUT2D eigenvalue weighted by Crippen LogP contribution is -2.10. The van der Waals surface area contributed by atoms with Gasteiger partial charge in [0.15, 0.2) is 0 Å². The van der Waals surface area contributed by atoms with Crippen LogP contribution in [0.3, 0.4) is 0 Å². The SMILES string of the molecule is Cc1cc(-c2ccc(C(=N)N)cc2)oc1-c1ccc(C(=N)N)cc1. The number of rotatable bonds is 4. The van der Waals surface area contributed by atoms with E-state index in [0.717, 1.165) is 28.2 Å². The second-order valence-corrected chi connectivity index (χ2v) is 5.60. The molecule has 0 aliphatic carbocycles. The van der Waals surface area contributed by atoms with E-state index in [2.05, 4.69) is 0 Å². The predicted octanol–water partition coefficient (Wildman–Crippen LogP) is 3.49. The van der Waals surface area contributed by atoms with Crippen molar-refractivity contribution in [2.75, 3.05) is 0 Å². The minimum Gasteiger partial charge on any atom is -0.456 e. The summed E-state index contributed by atoms with van der Waals surface area (Å²) in [5.41, 5.74) is 15.2. The third-order valence-electron chi connectivity index (χ3n) is 3.86. The molecule has 6 N–H and O–H groups in total. The summed E-state index contributed by atoms with van der Waals surface area (Å²) in [6.07, 6.45) is 0. The Morgan fingerprint density at radius 3 is 1.71 bits per heavy atom. The van der Waals surface area contributed by atoms with Crippen LogP contribution < -0.4 is 11.5 Å². The zero-order valence-corrected chi connectivity index (χ0v) is 13.3. The molecule has 0 unspecified atom stereocenters. The van der Waals surface area contributed by atoms with E-state index < -0.39 is 0 Å². The van der Waals surface area contributed by atoms with E-state index in [1.165, 1.54) is 0 Å². The van der Waals surface area contributed by atoms with Crippen LogP contribution in [-0.2, 0) is 0 Å². The molecule has 0 atom stereocenters. The summed E-state index contributed by atoms with van der Waals surface area (Å²) in [6, 6.07) is 16.8. The highest BCUT2D eigenvalue weighted by Crippen LogP contribution is 2.32. The quantitative estimate of drug-likeness (QED) is 0.436. The van der Waals surface area contributed by atoms with Crippen LogP contribution in [0.5, 0.6) is 0 Å². The van der Waals surface area contributed by atoms with E-state index in [1.54, 1.807) is 24.3 Å². The molecule has 0 amide bonds. The smallest absolute Gasteiger partial charge is 0.137 e. The first-order chi connectivity index (χ1) is 11.5. The Kier molecular flexibility index (Phi) is 3.92. The Bertz CT molecular complexity index is 906. The number of nitrogen functional groups attached to an aromatic ring is 2. The molecule has 3 aromatic rings. The van der Waals surface area contributed by atoms with Gasteiger partial charge in [0.05, 0.1) is 0 Å². The monoisotopic (exact) mass is 318 g/mol. The largest absolute Gasteiger partial charge is 0.456 e. The van der Waals surface area contributed by atoms with Crippen LogP contribution in [0.1, 0.15) is 16.7 Å². The van der Waals surface area contributed by atoms with Gasteiger partial charge in [-0.25, -0.2) is 0 Å². The van der Waals surface area contributed by atoms with E-state index in [4.69, 9.17) is 26.7 Å².